The highest BCUT2D eigenvalue weighted by Gasteiger charge is 2.28. The van der Waals surface area contributed by atoms with Gasteiger partial charge in [0.1, 0.15) is 12.7 Å². The summed E-state index contributed by atoms with van der Waals surface area (Å²) in [5.41, 5.74) is 0. The molecular weight excluding hydrogens is 976 g/mol. The van der Waals surface area contributed by atoms with Crippen molar-refractivity contribution >= 4 is 25.7 Å². The van der Waals surface area contributed by atoms with Crippen LogP contribution in [0.2, 0.25) is 0 Å². The minimum Gasteiger partial charge on any atom is -0.462 e. The predicted molar refractivity (Wildman–Crippen MR) is 316 cm³/mol. The number of aliphatic hydroxyl groups excluding tert-OH is 1. The number of aliphatic hydroxyl groups is 1. The van der Waals surface area contributed by atoms with Crippen molar-refractivity contribution in [1.82, 2.24) is 0 Å². The number of hydrogen-bond acceptors (Lipinski definition) is 10. The lowest BCUT2D eigenvalue weighted by atomic mass is 10.0. The maximum atomic E-state index is 12.9. The van der Waals surface area contributed by atoms with Crippen LogP contribution in [0.15, 0.2) is 72.9 Å². The van der Waals surface area contributed by atoms with Gasteiger partial charge in [-0.2, -0.15) is 0 Å². The molecule has 0 saturated heterocycles. The van der Waals surface area contributed by atoms with Gasteiger partial charge in [0, 0.05) is 19.3 Å². The fourth-order valence-electron chi connectivity index (χ4n) is 8.44. The molecule has 0 rings (SSSR count). The van der Waals surface area contributed by atoms with Gasteiger partial charge in [-0.05, 0) is 89.9 Å². The number of phosphoric ester groups is 1. The van der Waals surface area contributed by atoms with E-state index in [0.717, 1.165) is 128 Å². The van der Waals surface area contributed by atoms with Crippen molar-refractivity contribution in [2.75, 3.05) is 26.4 Å². The Morgan fingerprint density at radius 2 is 0.684 bits per heavy atom. The molecule has 0 aromatic heterocycles. The fraction of sp³-hybridized carbons (Fsp3) is 0.766. The van der Waals surface area contributed by atoms with Gasteiger partial charge in [-0.25, -0.2) is 4.57 Å². The van der Waals surface area contributed by atoms with Crippen LogP contribution in [0, 0.1) is 0 Å². The van der Waals surface area contributed by atoms with E-state index in [0.29, 0.717) is 19.3 Å². The number of rotatable bonds is 57. The highest BCUT2D eigenvalue weighted by molar-refractivity contribution is 7.47. The zero-order valence-electron chi connectivity index (χ0n) is 48.7. The Morgan fingerprint density at radius 3 is 1.08 bits per heavy atom. The SMILES string of the molecule is CC/C=C\C/C=C\C/C=C\CCCCCCCCCC(=O)OC(COC(=O)CCCCCCCC/C=C\C/C=C\C/C=C\CCCCC)COP(=O)(O)OCC(CO)OC(=O)CCCCCCCCCCCCCCC. The fourth-order valence-corrected chi connectivity index (χ4v) is 9.22. The normalized spacial score (nSPS) is 13.8. The summed E-state index contributed by atoms with van der Waals surface area (Å²) in [5, 5.41) is 9.83. The average Bonchev–Trinajstić information content (AvgIpc) is 3.41. The summed E-state index contributed by atoms with van der Waals surface area (Å²) in [6.07, 6.45) is 65.6. The van der Waals surface area contributed by atoms with Gasteiger partial charge in [0.15, 0.2) is 6.10 Å². The third kappa shape index (κ3) is 55.7. The first-order chi connectivity index (χ1) is 37.2. The summed E-state index contributed by atoms with van der Waals surface area (Å²) < 4.78 is 39.6. The van der Waals surface area contributed by atoms with Gasteiger partial charge in [-0.1, -0.05) is 241 Å². The van der Waals surface area contributed by atoms with Gasteiger partial charge in [-0.15, -0.1) is 0 Å². The molecule has 0 saturated carbocycles. The molecule has 0 aliphatic rings. The zero-order valence-corrected chi connectivity index (χ0v) is 49.6. The second-order valence-corrected chi connectivity index (χ2v) is 21.9. The number of ether oxygens (including phenoxy) is 3. The quantitative estimate of drug-likeness (QED) is 0.0197. The first kappa shape index (κ1) is 72.9. The lowest BCUT2D eigenvalue weighted by Crippen LogP contribution is -2.30. The van der Waals surface area contributed by atoms with E-state index in [1.807, 2.05) is 0 Å². The number of carbonyl (C=O) groups excluding carboxylic acids is 3. The Bertz CT molecular complexity index is 1550. The van der Waals surface area contributed by atoms with E-state index in [2.05, 4.69) is 93.7 Å². The Balaban J connectivity index is 4.74. The molecule has 0 aliphatic heterocycles. The van der Waals surface area contributed by atoms with Crippen molar-refractivity contribution in [3.8, 4) is 0 Å². The first-order valence-corrected chi connectivity index (χ1v) is 32.3. The van der Waals surface area contributed by atoms with E-state index < -0.39 is 57.8 Å². The first-order valence-electron chi connectivity index (χ1n) is 30.8. The van der Waals surface area contributed by atoms with Crippen molar-refractivity contribution in [3.63, 3.8) is 0 Å². The van der Waals surface area contributed by atoms with E-state index in [-0.39, 0.29) is 25.9 Å². The zero-order chi connectivity index (χ0) is 55.5. The largest absolute Gasteiger partial charge is 0.472 e. The van der Waals surface area contributed by atoms with Crippen LogP contribution >= 0.6 is 7.82 Å². The summed E-state index contributed by atoms with van der Waals surface area (Å²) in [6, 6.07) is 0. The van der Waals surface area contributed by atoms with Gasteiger partial charge in [0.25, 0.3) is 0 Å². The van der Waals surface area contributed by atoms with E-state index in [1.54, 1.807) is 0 Å². The second kappa shape index (κ2) is 58.1. The summed E-state index contributed by atoms with van der Waals surface area (Å²) in [6.45, 7) is 4.51. The van der Waals surface area contributed by atoms with Crippen molar-refractivity contribution in [2.24, 2.45) is 0 Å². The molecule has 3 unspecified atom stereocenters. The molecule has 0 spiro atoms. The van der Waals surface area contributed by atoms with Crippen molar-refractivity contribution in [1.29, 1.82) is 0 Å². The number of carbonyl (C=O) groups is 3. The molecule has 12 heteroatoms. The molecule has 0 heterocycles. The van der Waals surface area contributed by atoms with Crippen LogP contribution in [0.4, 0.5) is 0 Å². The van der Waals surface area contributed by atoms with E-state index in [1.165, 1.54) is 89.9 Å². The number of esters is 3. The molecule has 3 atom stereocenters. The monoisotopic (exact) mass is 1090 g/mol. The highest BCUT2D eigenvalue weighted by atomic mass is 31.2. The molecule has 2 N–H and O–H groups in total. The molecule has 11 nitrogen and oxygen atoms in total. The van der Waals surface area contributed by atoms with Gasteiger partial charge in [0.05, 0.1) is 19.8 Å². The van der Waals surface area contributed by atoms with Crippen LogP contribution in [-0.4, -0.2) is 66.5 Å². The number of allylic oxidation sites excluding steroid dienone is 12. The second-order valence-electron chi connectivity index (χ2n) is 20.5. The Morgan fingerprint density at radius 1 is 0.382 bits per heavy atom. The molecule has 0 bridgehead atoms. The van der Waals surface area contributed by atoms with Crippen molar-refractivity contribution < 1.29 is 52.2 Å². The molecular formula is C64H113O11P. The molecule has 0 fully saturated rings. The van der Waals surface area contributed by atoms with Crippen LogP contribution in [0.5, 0.6) is 0 Å². The molecule has 440 valence electrons. The Kier molecular flexibility index (Phi) is 55.7. The number of unbranched alkanes of at least 4 members (excludes halogenated alkanes) is 28. The Hall–Kier alpha value is -3.08. The van der Waals surface area contributed by atoms with Crippen molar-refractivity contribution in [3.05, 3.63) is 72.9 Å². The maximum Gasteiger partial charge on any atom is 0.472 e. The summed E-state index contributed by atoms with van der Waals surface area (Å²) in [5.74, 6) is -1.48. The van der Waals surface area contributed by atoms with Crippen molar-refractivity contribution in [2.45, 2.75) is 290 Å². The molecule has 0 aliphatic carbocycles. The molecule has 0 radical (unpaired) electrons. The van der Waals surface area contributed by atoms with E-state index >= 15 is 0 Å². The summed E-state index contributed by atoms with van der Waals surface area (Å²) >= 11 is 0. The van der Waals surface area contributed by atoms with Gasteiger partial charge < -0.3 is 24.2 Å². The molecule has 76 heavy (non-hydrogen) atoms. The molecule has 0 aromatic carbocycles. The third-order valence-electron chi connectivity index (χ3n) is 13.1. The van der Waals surface area contributed by atoms with Crippen LogP contribution in [0.3, 0.4) is 0 Å². The van der Waals surface area contributed by atoms with E-state index in [9.17, 15) is 28.9 Å². The summed E-state index contributed by atoms with van der Waals surface area (Å²) in [4.78, 5) is 48.7. The van der Waals surface area contributed by atoms with Gasteiger partial charge >= 0.3 is 25.7 Å². The van der Waals surface area contributed by atoms with Crippen LogP contribution < -0.4 is 0 Å². The van der Waals surface area contributed by atoms with Gasteiger partial charge in [0.2, 0.25) is 0 Å². The maximum absolute atomic E-state index is 12.9. The third-order valence-corrected chi connectivity index (χ3v) is 14.1. The van der Waals surface area contributed by atoms with Crippen LogP contribution in [0.25, 0.3) is 0 Å². The lowest BCUT2D eigenvalue weighted by molar-refractivity contribution is -0.161. The highest BCUT2D eigenvalue weighted by Crippen LogP contribution is 2.43. The number of phosphoric acid groups is 1. The minimum absolute atomic E-state index is 0.152. The standard InChI is InChI=1S/C64H113O11P/c1-4-7-10-13-16-19-22-25-27-29-30-32-33-36-38-41-44-47-50-53-62(66)71-57-61(75-64(68)55-52-49-46-43-40-37-34-31-28-26-23-20-17-14-11-8-5-2)59-73-76(69,70)72-58-60(56-65)74-63(67)54-51-48-45-42-39-35-24-21-18-15-12-9-6-3/h8,11,16-17,19-20,25-28,30,32,60-61,65H,4-7,9-10,12-15,18,21-24,29,31,33-59H2,1-3H3,(H,69,70)/b11-8-,19-16-,20-17-,27-25-,28-26-,32-30-. The smallest absolute Gasteiger partial charge is 0.462 e. The van der Waals surface area contributed by atoms with Crippen LogP contribution in [-0.2, 0) is 42.2 Å². The predicted octanol–water partition coefficient (Wildman–Crippen LogP) is 18.5. The van der Waals surface area contributed by atoms with E-state index in [4.69, 9.17) is 23.3 Å². The topological polar surface area (TPSA) is 155 Å². The Labute approximate surface area is 465 Å². The molecule has 0 amide bonds. The number of hydrogen-bond donors (Lipinski definition) is 2. The minimum atomic E-state index is -4.76. The molecule has 0 aromatic rings. The summed E-state index contributed by atoms with van der Waals surface area (Å²) in [7, 11) is -4.76. The van der Waals surface area contributed by atoms with Crippen LogP contribution in [0.1, 0.15) is 278 Å². The lowest BCUT2D eigenvalue weighted by Gasteiger charge is -2.21. The average molecular weight is 1090 g/mol. The van der Waals surface area contributed by atoms with Gasteiger partial charge in [-0.3, -0.25) is 23.4 Å².